The van der Waals surface area contributed by atoms with Crippen LogP contribution in [0.4, 0.5) is 18.9 Å². The average Bonchev–Trinajstić information content (AvgIpc) is 3.17. The van der Waals surface area contributed by atoms with Gasteiger partial charge in [-0.05, 0) is 54.4 Å². The van der Waals surface area contributed by atoms with Crippen LogP contribution in [0.15, 0.2) is 28.7 Å². The molecule has 1 amide bonds. The van der Waals surface area contributed by atoms with Gasteiger partial charge >= 0.3 is 6.18 Å². The second-order valence-electron chi connectivity index (χ2n) is 7.32. The molecule has 172 valence electrons. The van der Waals surface area contributed by atoms with Gasteiger partial charge in [0.2, 0.25) is 5.91 Å². The molecule has 11 heteroatoms. The number of nitrogens with zero attached hydrogens (tertiary/aromatic N) is 4. The van der Waals surface area contributed by atoms with E-state index < -0.39 is 11.9 Å². The molecule has 7 nitrogen and oxygen atoms in total. The molecule has 2 aromatic heterocycles. The lowest BCUT2D eigenvalue weighted by Crippen LogP contribution is -2.17. The van der Waals surface area contributed by atoms with Crippen LogP contribution in [-0.4, -0.2) is 32.6 Å². The molecule has 0 radical (unpaired) electrons. The zero-order chi connectivity index (χ0) is 23.6. The number of methoxy groups -OCH3 is 1. The summed E-state index contributed by atoms with van der Waals surface area (Å²) in [6, 6.07) is 7.61. The Labute approximate surface area is 191 Å². The lowest BCUT2D eigenvalue weighted by atomic mass is 10.2. The zero-order valence-electron chi connectivity index (χ0n) is 18.0. The molecular formula is C21H23BrF3N5O2. The fraction of sp³-hybridized carbons (Fsp3) is 0.381. The van der Waals surface area contributed by atoms with E-state index in [2.05, 4.69) is 31.4 Å². The Hall–Kier alpha value is -2.82. The number of hydrogen-bond donors (Lipinski definition) is 1. The van der Waals surface area contributed by atoms with Gasteiger partial charge in [-0.2, -0.15) is 23.4 Å². The minimum Gasteiger partial charge on any atom is -0.497 e. The molecule has 0 saturated carbocycles. The predicted molar refractivity (Wildman–Crippen MR) is 117 cm³/mol. The van der Waals surface area contributed by atoms with Crippen molar-refractivity contribution < 1.29 is 22.7 Å². The third-order valence-electron chi connectivity index (χ3n) is 5.07. The molecule has 0 aliphatic carbocycles. The molecule has 1 aromatic carbocycles. The number of anilines is 1. The highest BCUT2D eigenvalue weighted by molar-refractivity contribution is 9.10. The van der Waals surface area contributed by atoms with E-state index in [1.807, 2.05) is 31.2 Å². The van der Waals surface area contributed by atoms with Gasteiger partial charge < -0.3 is 10.1 Å². The van der Waals surface area contributed by atoms with Crippen molar-refractivity contribution in [2.45, 2.75) is 46.5 Å². The monoisotopic (exact) mass is 513 g/mol. The van der Waals surface area contributed by atoms with Crippen molar-refractivity contribution >= 4 is 27.5 Å². The molecule has 0 fully saturated rings. The van der Waals surface area contributed by atoms with Crippen molar-refractivity contribution in [1.82, 2.24) is 19.6 Å². The second-order valence-corrected chi connectivity index (χ2v) is 8.12. The van der Waals surface area contributed by atoms with Crippen LogP contribution in [0, 0.1) is 20.8 Å². The van der Waals surface area contributed by atoms with E-state index in [1.165, 1.54) is 11.6 Å². The van der Waals surface area contributed by atoms with E-state index in [1.54, 1.807) is 18.7 Å². The summed E-state index contributed by atoms with van der Waals surface area (Å²) in [5.41, 5.74) is 2.32. The van der Waals surface area contributed by atoms with E-state index in [0.717, 1.165) is 17.0 Å². The minimum absolute atomic E-state index is 0.0163. The number of aryl methyl sites for hydroxylation is 2. The molecule has 2 heterocycles. The Morgan fingerprint density at radius 2 is 1.88 bits per heavy atom. The van der Waals surface area contributed by atoms with Gasteiger partial charge in [0.25, 0.3) is 0 Å². The van der Waals surface area contributed by atoms with Crippen molar-refractivity contribution in [3.63, 3.8) is 0 Å². The van der Waals surface area contributed by atoms with Gasteiger partial charge in [0, 0.05) is 6.42 Å². The molecule has 32 heavy (non-hydrogen) atoms. The van der Waals surface area contributed by atoms with E-state index in [9.17, 15) is 18.0 Å². The van der Waals surface area contributed by atoms with Crippen LogP contribution in [0.25, 0.3) is 0 Å². The topological polar surface area (TPSA) is 74.0 Å². The number of aromatic nitrogens is 4. The first kappa shape index (κ1) is 23.8. The number of amides is 1. The van der Waals surface area contributed by atoms with E-state index >= 15 is 0 Å². The molecule has 0 spiro atoms. The Balaban J connectivity index is 1.68. The number of carbonyl (C=O) groups is 1. The van der Waals surface area contributed by atoms with Gasteiger partial charge in [-0.3, -0.25) is 14.2 Å². The van der Waals surface area contributed by atoms with Crippen LogP contribution in [0.2, 0.25) is 0 Å². The van der Waals surface area contributed by atoms with Crippen LogP contribution >= 0.6 is 15.9 Å². The second kappa shape index (κ2) is 9.35. The number of benzene rings is 1. The number of nitrogens with one attached hydrogen (secondary N) is 1. The first-order valence-electron chi connectivity index (χ1n) is 9.78. The Kier molecular flexibility index (Phi) is 6.97. The highest BCUT2D eigenvalue weighted by atomic mass is 79.9. The summed E-state index contributed by atoms with van der Waals surface area (Å²) in [7, 11) is 1.60. The van der Waals surface area contributed by atoms with Crippen molar-refractivity contribution in [3.05, 3.63) is 57.1 Å². The maximum absolute atomic E-state index is 13.0. The summed E-state index contributed by atoms with van der Waals surface area (Å²) in [6.07, 6.45) is -4.60. The van der Waals surface area contributed by atoms with Crippen molar-refractivity contribution in [2.75, 3.05) is 12.4 Å². The molecule has 3 rings (SSSR count). The van der Waals surface area contributed by atoms with Crippen LogP contribution in [0.3, 0.4) is 0 Å². The molecule has 0 atom stereocenters. The van der Waals surface area contributed by atoms with Crippen molar-refractivity contribution in [2.24, 2.45) is 0 Å². The van der Waals surface area contributed by atoms with Gasteiger partial charge in [0.1, 0.15) is 5.75 Å². The summed E-state index contributed by atoms with van der Waals surface area (Å²) < 4.78 is 47.1. The lowest BCUT2D eigenvalue weighted by molar-refractivity contribution is -0.142. The first-order chi connectivity index (χ1) is 15.0. The quantitative estimate of drug-likeness (QED) is 0.489. The van der Waals surface area contributed by atoms with E-state index in [-0.39, 0.29) is 23.3 Å². The summed E-state index contributed by atoms with van der Waals surface area (Å²) in [4.78, 5) is 12.5. The normalized spacial score (nSPS) is 11.6. The van der Waals surface area contributed by atoms with E-state index in [4.69, 9.17) is 4.74 Å². The Bertz CT molecular complexity index is 1140. The fourth-order valence-electron chi connectivity index (χ4n) is 3.31. The Morgan fingerprint density at radius 1 is 1.16 bits per heavy atom. The minimum atomic E-state index is -4.57. The van der Waals surface area contributed by atoms with Gasteiger partial charge in [-0.25, -0.2) is 0 Å². The van der Waals surface area contributed by atoms with E-state index in [0.29, 0.717) is 23.6 Å². The van der Waals surface area contributed by atoms with Crippen LogP contribution < -0.4 is 10.1 Å². The SMILES string of the molecule is COc1cccc(Cn2nc(C)c(NC(=O)CCn3nc(C(F)(F)F)c(Br)c3C)c2C)c1. The number of rotatable bonds is 7. The van der Waals surface area contributed by atoms with Crippen LogP contribution in [0.5, 0.6) is 5.75 Å². The van der Waals surface area contributed by atoms with Gasteiger partial charge in [-0.15, -0.1) is 0 Å². The summed E-state index contributed by atoms with van der Waals surface area (Å²) in [6.45, 7) is 5.67. The standard InChI is InChI=1S/C21H23BrF3N5O2/c1-12-19(14(3)30(27-12)11-15-6-5-7-16(10-15)32-4)26-17(31)8-9-29-13(2)18(22)20(28-29)21(23,24)25/h5-7,10H,8-9,11H2,1-4H3,(H,26,31). The zero-order valence-corrected chi connectivity index (χ0v) is 19.6. The summed E-state index contributed by atoms with van der Waals surface area (Å²) in [5, 5.41) is 10.9. The highest BCUT2D eigenvalue weighted by Gasteiger charge is 2.37. The molecule has 0 aliphatic heterocycles. The number of halogens is 4. The highest BCUT2D eigenvalue weighted by Crippen LogP contribution is 2.35. The predicted octanol–water partition coefficient (Wildman–Crippen LogP) is 4.87. The summed E-state index contributed by atoms with van der Waals surface area (Å²) >= 11 is 2.93. The number of carbonyl (C=O) groups excluding carboxylic acids is 1. The van der Waals surface area contributed by atoms with Gasteiger partial charge in [-0.1, -0.05) is 12.1 Å². The van der Waals surface area contributed by atoms with Crippen molar-refractivity contribution in [3.8, 4) is 5.75 Å². The summed E-state index contributed by atoms with van der Waals surface area (Å²) in [5.74, 6) is 0.406. The van der Waals surface area contributed by atoms with Crippen LogP contribution in [-0.2, 0) is 24.1 Å². The molecule has 0 aliphatic rings. The fourth-order valence-corrected chi connectivity index (χ4v) is 3.82. The van der Waals surface area contributed by atoms with Gasteiger partial charge in [0.05, 0.1) is 47.4 Å². The molecule has 3 aromatic rings. The molecule has 0 unspecified atom stereocenters. The average molecular weight is 514 g/mol. The molecule has 1 N–H and O–H groups in total. The molecule has 0 saturated heterocycles. The van der Waals surface area contributed by atoms with Crippen molar-refractivity contribution in [1.29, 1.82) is 0 Å². The first-order valence-corrected chi connectivity index (χ1v) is 10.6. The number of alkyl halides is 3. The number of hydrogen-bond acceptors (Lipinski definition) is 4. The third-order valence-corrected chi connectivity index (χ3v) is 6.01. The lowest BCUT2D eigenvalue weighted by Gasteiger charge is -2.09. The van der Waals surface area contributed by atoms with Crippen LogP contribution in [0.1, 0.15) is 34.8 Å². The molecular weight excluding hydrogens is 491 g/mol. The number of ether oxygens (including phenoxy) is 1. The smallest absolute Gasteiger partial charge is 0.436 e. The third kappa shape index (κ3) is 5.14. The maximum Gasteiger partial charge on any atom is 0.436 e. The van der Waals surface area contributed by atoms with Gasteiger partial charge in [0.15, 0.2) is 5.69 Å². The largest absolute Gasteiger partial charge is 0.497 e. The Morgan fingerprint density at radius 3 is 2.50 bits per heavy atom. The molecule has 0 bridgehead atoms. The maximum atomic E-state index is 13.0.